The molecule has 3 aromatic rings. The average Bonchev–Trinajstić information content (AvgIpc) is 3.12. The number of hydrogen-bond acceptors (Lipinski definition) is 3. The van der Waals surface area contributed by atoms with Crippen molar-refractivity contribution in [1.29, 1.82) is 0 Å². The van der Waals surface area contributed by atoms with E-state index in [1.54, 1.807) is 41.2 Å². The molecule has 0 unspecified atom stereocenters. The van der Waals surface area contributed by atoms with Gasteiger partial charge in [0.15, 0.2) is 11.6 Å². The third-order valence-corrected chi connectivity index (χ3v) is 3.56. The lowest BCUT2D eigenvalue weighted by Crippen LogP contribution is -2.12. The van der Waals surface area contributed by atoms with Gasteiger partial charge in [-0.3, -0.25) is 9.48 Å². The monoisotopic (exact) mass is 363 g/mol. The van der Waals surface area contributed by atoms with Crippen LogP contribution in [0.25, 0.3) is 0 Å². The maximum Gasteiger partial charge on any atom is 0.292 e. The molecule has 0 aliphatic heterocycles. The summed E-state index contributed by atoms with van der Waals surface area (Å²) < 4.78 is 20.8. The van der Waals surface area contributed by atoms with Crippen LogP contribution in [0.4, 0.5) is 10.2 Å². The number of amides is 1. The van der Waals surface area contributed by atoms with Crippen molar-refractivity contribution in [3.8, 4) is 0 Å². The fraction of sp³-hybridized carbons (Fsp3) is 0.0667. The molecule has 5 nitrogen and oxygen atoms in total. The van der Waals surface area contributed by atoms with Crippen LogP contribution in [0.5, 0.6) is 0 Å². The number of rotatable bonds is 4. The van der Waals surface area contributed by atoms with Crippen LogP contribution >= 0.6 is 15.9 Å². The second kappa shape index (κ2) is 6.15. The summed E-state index contributed by atoms with van der Waals surface area (Å²) in [5, 5.41) is 6.85. The van der Waals surface area contributed by atoms with Gasteiger partial charge in [0.1, 0.15) is 5.82 Å². The van der Waals surface area contributed by atoms with Gasteiger partial charge in [-0.1, -0.05) is 18.2 Å². The van der Waals surface area contributed by atoms with E-state index in [1.807, 2.05) is 0 Å². The van der Waals surface area contributed by atoms with Crippen molar-refractivity contribution >= 4 is 27.7 Å². The predicted molar refractivity (Wildman–Crippen MR) is 82.1 cm³/mol. The highest BCUT2D eigenvalue weighted by Crippen LogP contribution is 2.22. The minimum atomic E-state index is -0.401. The molecule has 0 aliphatic rings. The maximum atomic E-state index is 13.6. The number of aromatic nitrogens is 2. The topological polar surface area (TPSA) is 60.1 Å². The Morgan fingerprint density at radius 3 is 2.86 bits per heavy atom. The zero-order valence-electron chi connectivity index (χ0n) is 11.3. The van der Waals surface area contributed by atoms with Crippen LogP contribution in [0, 0.1) is 5.82 Å². The van der Waals surface area contributed by atoms with E-state index in [4.69, 9.17) is 4.42 Å². The van der Waals surface area contributed by atoms with E-state index < -0.39 is 5.91 Å². The second-order valence-corrected chi connectivity index (χ2v) is 5.40. The molecule has 2 heterocycles. The molecule has 0 fully saturated rings. The summed E-state index contributed by atoms with van der Waals surface area (Å²) in [6, 6.07) is 9.66. The van der Waals surface area contributed by atoms with Crippen molar-refractivity contribution in [2.75, 3.05) is 5.32 Å². The van der Waals surface area contributed by atoms with Crippen molar-refractivity contribution < 1.29 is 13.6 Å². The van der Waals surface area contributed by atoms with E-state index in [-0.39, 0.29) is 18.1 Å². The number of furan rings is 1. The van der Waals surface area contributed by atoms with E-state index >= 15 is 0 Å². The minimum absolute atomic E-state index is 0.190. The average molecular weight is 364 g/mol. The molecule has 0 aliphatic carbocycles. The Morgan fingerprint density at radius 1 is 1.32 bits per heavy atom. The van der Waals surface area contributed by atoms with Crippen molar-refractivity contribution in [3.05, 3.63) is 70.5 Å². The number of halogens is 2. The highest BCUT2D eigenvalue weighted by molar-refractivity contribution is 9.10. The third kappa shape index (κ3) is 3.09. The Labute approximate surface area is 133 Å². The van der Waals surface area contributed by atoms with Gasteiger partial charge in [0.05, 0.1) is 17.3 Å². The number of nitrogens with zero attached hydrogens (tertiary/aromatic N) is 2. The van der Waals surface area contributed by atoms with Crippen LogP contribution < -0.4 is 5.32 Å². The smallest absolute Gasteiger partial charge is 0.292 e. The van der Waals surface area contributed by atoms with E-state index in [1.165, 1.54) is 12.3 Å². The van der Waals surface area contributed by atoms with Crippen LogP contribution in [0.2, 0.25) is 0 Å². The molecule has 112 valence electrons. The first kappa shape index (κ1) is 14.5. The van der Waals surface area contributed by atoms with E-state index in [0.717, 1.165) is 0 Å². The molecule has 0 bridgehead atoms. The van der Waals surface area contributed by atoms with E-state index in [2.05, 4.69) is 26.3 Å². The molecule has 1 N–H and O–H groups in total. The van der Waals surface area contributed by atoms with Gasteiger partial charge in [-0.05, 0) is 34.1 Å². The molecule has 1 amide bonds. The minimum Gasteiger partial charge on any atom is -0.459 e. The first-order valence-corrected chi connectivity index (χ1v) is 7.24. The van der Waals surface area contributed by atoms with Crippen molar-refractivity contribution in [1.82, 2.24) is 9.78 Å². The lowest BCUT2D eigenvalue weighted by molar-refractivity contribution is 0.0996. The Balaban J connectivity index is 1.76. The van der Waals surface area contributed by atoms with Crippen LogP contribution in [-0.4, -0.2) is 15.7 Å². The summed E-state index contributed by atoms with van der Waals surface area (Å²) in [5.41, 5.74) is 0.515. The second-order valence-electron chi connectivity index (χ2n) is 4.55. The van der Waals surface area contributed by atoms with Gasteiger partial charge in [0, 0.05) is 11.8 Å². The summed E-state index contributed by atoms with van der Waals surface area (Å²) >= 11 is 3.32. The van der Waals surface area contributed by atoms with Gasteiger partial charge >= 0.3 is 0 Å². The number of carbonyl (C=O) groups is 1. The number of hydrogen-bond donors (Lipinski definition) is 1. The summed E-state index contributed by atoms with van der Waals surface area (Å²) in [6.07, 6.45) is 3.09. The Morgan fingerprint density at radius 2 is 2.14 bits per heavy atom. The largest absolute Gasteiger partial charge is 0.459 e. The van der Waals surface area contributed by atoms with Gasteiger partial charge in [-0.2, -0.15) is 5.10 Å². The van der Waals surface area contributed by atoms with Gasteiger partial charge in [-0.25, -0.2) is 4.39 Å². The normalized spacial score (nSPS) is 10.6. The van der Waals surface area contributed by atoms with Crippen LogP contribution in [0.1, 0.15) is 16.1 Å². The first-order valence-electron chi connectivity index (χ1n) is 6.44. The number of nitrogens with one attached hydrogen (secondary N) is 1. The fourth-order valence-electron chi connectivity index (χ4n) is 1.94. The number of carbonyl (C=O) groups excluding carboxylic acids is 1. The molecule has 0 atom stereocenters. The molecule has 0 radical (unpaired) electrons. The van der Waals surface area contributed by atoms with E-state index in [9.17, 15) is 9.18 Å². The van der Waals surface area contributed by atoms with Crippen molar-refractivity contribution in [3.63, 3.8) is 0 Å². The Hall–Kier alpha value is -2.41. The molecule has 7 heteroatoms. The predicted octanol–water partition coefficient (Wildman–Crippen LogP) is 3.68. The van der Waals surface area contributed by atoms with E-state index in [0.29, 0.717) is 15.9 Å². The number of anilines is 1. The molecule has 0 saturated carbocycles. The molecular formula is C15H11BrFN3O2. The summed E-state index contributed by atoms with van der Waals surface area (Å²) in [6.45, 7) is 0.266. The first-order chi connectivity index (χ1) is 10.6. The SMILES string of the molecule is O=C(Nc1nn(Cc2ccccc2F)cc1Br)c1ccco1. The van der Waals surface area contributed by atoms with Gasteiger partial charge in [0.2, 0.25) is 0 Å². The fourth-order valence-corrected chi connectivity index (χ4v) is 2.36. The molecule has 2 aromatic heterocycles. The lowest BCUT2D eigenvalue weighted by Gasteiger charge is -2.03. The van der Waals surface area contributed by atoms with Gasteiger partial charge in [0.25, 0.3) is 5.91 Å². The zero-order valence-corrected chi connectivity index (χ0v) is 12.9. The van der Waals surface area contributed by atoms with Crippen molar-refractivity contribution in [2.24, 2.45) is 0 Å². The van der Waals surface area contributed by atoms with Crippen LogP contribution in [0.15, 0.2) is 57.7 Å². The highest BCUT2D eigenvalue weighted by Gasteiger charge is 2.14. The molecule has 0 spiro atoms. The van der Waals surface area contributed by atoms with Gasteiger partial charge < -0.3 is 9.73 Å². The quantitative estimate of drug-likeness (QED) is 0.768. The van der Waals surface area contributed by atoms with Crippen molar-refractivity contribution in [2.45, 2.75) is 6.54 Å². The van der Waals surface area contributed by atoms with Crippen LogP contribution in [-0.2, 0) is 6.54 Å². The standard InChI is InChI=1S/C15H11BrFN3O2/c16-11-9-20(8-10-4-1-2-5-12(10)17)19-14(11)18-15(21)13-6-3-7-22-13/h1-7,9H,8H2,(H,18,19,21). The molecule has 1 aromatic carbocycles. The highest BCUT2D eigenvalue weighted by atomic mass is 79.9. The third-order valence-electron chi connectivity index (χ3n) is 2.98. The molecule has 0 saturated heterocycles. The maximum absolute atomic E-state index is 13.6. The summed E-state index contributed by atoms with van der Waals surface area (Å²) in [7, 11) is 0. The number of benzene rings is 1. The molecule has 3 rings (SSSR count). The Bertz CT molecular complexity index is 799. The summed E-state index contributed by atoms with van der Waals surface area (Å²) in [4.78, 5) is 11.9. The van der Waals surface area contributed by atoms with Gasteiger partial charge in [-0.15, -0.1) is 0 Å². The lowest BCUT2D eigenvalue weighted by atomic mass is 10.2. The Kier molecular flexibility index (Phi) is 4.06. The zero-order chi connectivity index (χ0) is 15.5. The summed E-state index contributed by atoms with van der Waals surface area (Å²) in [5.74, 6) is -0.162. The molecule has 22 heavy (non-hydrogen) atoms. The molecular weight excluding hydrogens is 353 g/mol. The van der Waals surface area contributed by atoms with Crippen LogP contribution in [0.3, 0.4) is 0 Å².